The van der Waals surface area contributed by atoms with Gasteiger partial charge in [-0.1, -0.05) is 31.4 Å². The largest absolute Gasteiger partial charge is 0.348 e. The summed E-state index contributed by atoms with van der Waals surface area (Å²) >= 11 is 0. The molecule has 1 fully saturated rings. The van der Waals surface area contributed by atoms with Crippen LogP contribution in [-0.4, -0.2) is 25.7 Å². The van der Waals surface area contributed by atoms with Gasteiger partial charge >= 0.3 is 0 Å². The fourth-order valence-electron chi connectivity index (χ4n) is 3.98. The van der Waals surface area contributed by atoms with Crippen LogP contribution in [0.25, 0.3) is 11.4 Å². The van der Waals surface area contributed by atoms with E-state index in [1.807, 2.05) is 36.4 Å². The van der Waals surface area contributed by atoms with Crippen molar-refractivity contribution in [1.82, 2.24) is 19.7 Å². The SMILES string of the molecule is O=C(CC1(n2cccc2)CCCCC1)Nc1cccc(-c2ncn[nH]2)c1. The van der Waals surface area contributed by atoms with Crippen LogP contribution in [0.5, 0.6) is 0 Å². The van der Waals surface area contributed by atoms with Crippen molar-refractivity contribution in [3.63, 3.8) is 0 Å². The third-order valence-corrected chi connectivity index (χ3v) is 5.26. The number of hydrogen-bond donors (Lipinski definition) is 2. The van der Waals surface area contributed by atoms with Crippen molar-refractivity contribution in [2.75, 3.05) is 5.32 Å². The molecule has 0 saturated heterocycles. The maximum Gasteiger partial charge on any atom is 0.226 e. The predicted molar refractivity (Wildman–Crippen MR) is 101 cm³/mol. The second-order valence-corrected chi connectivity index (χ2v) is 7.02. The van der Waals surface area contributed by atoms with Gasteiger partial charge in [0.15, 0.2) is 5.82 Å². The second-order valence-electron chi connectivity index (χ2n) is 7.02. The van der Waals surface area contributed by atoms with Crippen molar-refractivity contribution >= 4 is 11.6 Å². The van der Waals surface area contributed by atoms with Crippen LogP contribution in [0, 0.1) is 0 Å². The Hall–Kier alpha value is -2.89. The van der Waals surface area contributed by atoms with Crippen molar-refractivity contribution in [2.45, 2.75) is 44.1 Å². The summed E-state index contributed by atoms with van der Waals surface area (Å²) in [5, 5.41) is 9.79. The molecule has 134 valence electrons. The van der Waals surface area contributed by atoms with Crippen LogP contribution >= 0.6 is 0 Å². The Balaban J connectivity index is 1.50. The highest BCUT2D eigenvalue weighted by molar-refractivity contribution is 5.92. The Morgan fingerprint density at radius 2 is 1.96 bits per heavy atom. The zero-order chi connectivity index (χ0) is 17.8. The van der Waals surface area contributed by atoms with E-state index >= 15 is 0 Å². The molecule has 0 unspecified atom stereocenters. The van der Waals surface area contributed by atoms with Crippen LogP contribution in [0.3, 0.4) is 0 Å². The summed E-state index contributed by atoms with van der Waals surface area (Å²) in [6.45, 7) is 0. The Bertz CT molecular complexity index is 848. The molecule has 6 nitrogen and oxygen atoms in total. The summed E-state index contributed by atoms with van der Waals surface area (Å²) in [7, 11) is 0. The maximum atomic E-state index is 12.8. The van der Waals surface area contributed by atoms with Crippen molar-refractivity contribution in [3.8, 4) is 11.4 Å². The average molecular weight is 349 g/mol. The molecule has 6 heteroatoms. The molecule has 3 aromatic rings. The number of hydrogen-bond acceptors (Lipinski definition) is 3. The lowest BCUT2D eigenvalue weighted by atomic mass is 9.78. The number of rotatable bonds is 5. The topological polar surface area (TPSA) is 75.6 Å². The van der Waals surface area contributed by atoms with E-state index in [0.717, 1.165) is 24.1 Å². The normalized spacial score (nSPS) is 16.3. The molecule has 0 bridgehead atoms. The van der Waals surface area contributed by atoms with Gasteiger partial charge in [-0.05, 0) is 37.1 Å². The van der Waals surface area contributed by atoms with Crippen molar-refractivity contribution < 1.29 is 4.79 Å². The molecule has 26 heavy (non-hydrogen) atoms. The lowest BCUT2D eigenvalue weighted by Crippen LogP contribution is -2.38. The first-order valence-electron chi connectivity index (χ1n) is 9.14. The number of aromatic nitrogens is 4. The third kappa shape index (κ3) is 3.40. The van der Waals surface area contributed by atoms with Crippen LogP contribution < -0.4 is 5.32 Å². The molecule has 1 amide bonds. The fraction of sp³-hybridized carbons (Fsp3) is 0.350. The van der Waals surface area contributed by atoms with E-state index in [-0.39, 0.29) is 11.4 Å². The van der Waals surface area contributed by atoms with Gasteiger partial charge in [0.05, 0.1) is 12.0 Å². The van der Waals surface area contributed by atoms with Gasteiger partial charge < -0.3 is 9.88 Å². The Kier molecular flexibility index (Phi) is 4.56. The van der Waals surface area contributed by atoms with Gasteiger partial charge in [0.1, 0.15) is 6.33 Å². The first-order valence-corrected chi connectivity index (χ1v) is 9.14. The number of carbonyl (C=O) groups excluding carboxylic acids is 1. The van der Waals surface area contributed by atoms with Crippen LogP contribution in [0.1, 0.15) is 38.5 Å². The third-order valence-electron chi connectivity index (χ3n) is 5.26. The highest BCUT2D eigenvalue weighted by atomic mass is 16.1. The molecule has 0 aliphatic heterocycles. The number of anilines is 1. The monoisotopic (exact) mass is 349 g/mol. The first-order chi connectivity index (χ1) is 12.8. The minimum Gasteiger partial charge on any atom is -0.348 e. The van der Waals surface area contributed by atoms with E-state index in [2.05, 4.69) is 37.5 Å². The van der Waals surface area contributed by atoms with Crippen molar-refractivity contribution in [3.05, 3.63) is 55.1 Å². The van der Waals surface area contributed by atoms with Gasteiger partial charge in [-0.25, -0.2) is 4.98 Å². The lowest BCUT2D eigenvalue weighted by molar-refractivity contribution is -0.118. The van der Waals surface area contributed by atoms with Gasteiger partial charge in [0.2, 0.25) is 5.91 Å². The first kappa shape index (κ1) is 16.6. The molecule has 1 aliphatic carbocycles. The van der Waals surface area contributed by atoms with Gasteiger partial charge in [-0.3, -0.25) is 9.89 Å². The van der Waals surface area contributed by atoms with Crippen LogP contribution in [0.2, 0.25) is 0 Å². The van der Waals surface area contributed by atoms with Crippen molar-refractivity contribution in [2.24, 2.45) is 0 Å². The Morgan fingerprint density at radius 3 is 2.69 bits per heavy atom. The number of H-pyrrole nitrogens is 1. The van der Waals surface area contributed by atoms with E-state index in [1.54, 1.807) is 0 Å². The number of amides is 1. The lowest BCUT2D eigenvalue weighted by Gasteiger charge is -2.38. The van der Waals surface area contributed by atoms with E-state index in [1.165, 1.54) is 25.6 Å². The highest BCUT2D eigenvalue weighted by Gasteiger charge is 2.35. The molecule has 4 rings (SSSR count). The molecule has 0 radical (unpaired) electrons. The van der Waals surface area contributed by atoms with Gasteiger partial charge in [-0.15, -0.1) is 0 Å². The Morgan fingerprint density at radius 1 is 1.15 bits per heavy atom. The maximum absolute atomic E-state index is 12.8. The molecule has 1 saturated carbocycles. The summed E-state index contributed by atoms with van der Waals surface area (Å²) in [5.41, 5.74) is 1.58. The average Bonchev–Trinajstić information content (AvgIpc) is 3.37. The summed E-state index contributed by atoms with van der Waals surface area (Å²) in [4.78, 5) is 17.0. The summed E-state index contributed by atoms with van der Waals surface area (Å²) in [6.07, 6.45) is 11.8. The molecule has 0 spiro atoms. The second kappa shape index (κ2) is 7.15. The number of aromatic amines is 1. The summed E-state index contributed by atoms with van der Waals surface area (Å²) in [5.74, 6) is 0.743. The van der Waals surface area contributed by atoms with E-state index in [4.69, 9.17) is 0 Å². The van der Waals surface area contributed by atoms with Gasteiger partial charge in [0.25, 0.3) is 0 Å². The summed E-state index contributed by atoms with van der Waals surface area (Å²) in [6, 6.07) is 11.8. The molecule has 0 atom stereocenters. The zero-order valence-corrected chi connectivity index (χ0v) is 14.7. The summed E-state index contributed by atoms with van der Waals surface area (Å²) < 4.78 is 2.23. The van der Waals surface area contributed by atoms with E-state index in [9.17, 15) is 4.79 Å². The van der Waals surface area contributed by atoms with E-state index in [0.29, 0.717) is 12.2 Å². The van der Waals surface area contributed by atoms with Gasteiger partial charge in [-0.2, -0.15) is 5.10 Å². The zero-order valence-electron chi connectivity index (χ0n) is 14.7. The Labute approximate surface area is 152 Å². The molecular weight excluding hydrogens is 326 g/mol. The number of nitrogens with zero attached hydrogens (tertiary/aromatic N) is 3. The molecular formula is C20H23N5O. The van der Waals surface area contributed by atoms with Crippen LogP contribution in [-0.2, 0) is 10.3 Å². The van der Waals surface area contributed by atoms with Crippen molar-refractivity contribution in [1.29, 1.82) is 0 Å². The number of benzene rings is 1. The smallest absolute Gasteiger partial charge is 0.226 e. The van der Waals surface area contributed by atoms with E-state index < -0.39 is 0 Å². The quantitative estimate of drug-likeness (QED) is 0.732. The predicted octanol–water partition coefficient (Wildman–Crippen LogP) is 3.96. The minimum atomic E-state index is -0.103. The van der Waals surface area contributed by atoms with Crippen LogP contribution in [0.4, 0.5) is 5.69 Å². The standard InChI is InChI=1S/C20H23N5O/c26-18(14-20(9-2-1-3-10-20)25-11-4-5-12-25)23-17-8-6-7-16(13-17)19-21-15-22-24-19/h4-8,11-13,15H,1-3,9-10,14H2,(H,23,26)(H,21,22,24). The fourth-order valence-corrected chi connectivity index (χ4v) is 3.98. The molecule has 2 N–H and O–H groups in total. The molecule has 1 aliphatic rings. The number of nitrogens with one attached hydrogen (secondary N) is 2. The minimum absolute atomic E-state index is 0.0512. The molecule has 1 aromatic carbocycles. The van der Waals surface area contributed by atoms with Gasteiger partial charge in [0, 0.05) is 23.6 Å². The van der Waals surface area contributed by atoms with Crippen LogP contribution in [0.15, 0.2) is 55.1 Å². The number of carbonyl (C=O) groups is 1. The molecule has 2 heterocycles. The molecule has 2 aromatic heterocycles. The highest BCUT2D eigenvalue weighted by Crippen LogP contribution is 2.38.